The summed E-state index contributed by atoms with van der Waals surface area (Å²) in [6.07, 6.45) is 7.90. The molecule has 2 fully saturated rings. The quantitative estimate of drug-likeness (QED) is 0.254. The molecule has 2 aliphatic rings. The second-order valence-electron chi connectivity index (χ2n) is 12.7. The van der Waals surface area contributed by atoms with E-state index in [0.29, 0.717) is 28.1 Å². The zero-order valence-corrected chi connectivity index (χ0v) is 28.7. The topological polar surface area (TPSA) is 91.2 Å². The van der Waals surface area contributed by atoms with Crippen molar-refractivity contribution >= 4 is 35.0 Å². The Morgan fingerprint density at radius 1 is 1.09 bits per heavy atom. The average molecular weight is 671 g/mol. The number of carbonyl (C=O) groups is 2. The van der Waals surface area contributed by atoms with Crippen LogP contribution < -0.4 is 10.1 Å². The number of rotatable bonds is 11. The Morgan fingerprint density at radius 2 is 1.83 bits per heavy atom. The second-order valence-corrected chi connectivity index (χ2v) is 13.5. The maximum atomic E-state index is 13.8. The van der Waals surface area contributed by atoms with E-state index in [-0.39, 0.29) is 29.5 Å². The van der Waals surface area contributed by atoms with Crippen molar-refractivity contribution in [2.45, 2.75) is 62.4 Å². The first-order valence-electron chi connectivity index (χ1n) is 16.1. The number of benzene rings is 2. The van der Waals surface area contributed by atoms with Gasteiger partial charge in [-0.05, 0) is 100 Å². The number of methoxy groups -OCH3 is 1. The van der Waals surface area contributed by atoms with E-state index in [2.05, 4.69) is 15.2 Å². The number of aromatic nitrogens is 1. The van der Waals surface area contributed by atoms with Gasteiger partial charge in [0.15, 0.2) is 17.8 Å². The number of ether oxygens (including phenoxy) is 1. The van der Waals surface area contributed by atoms with Crippen molar-refractivity contribution in [3.63, 3.8) is 0 Å². The highest BCUT2D eigenvalue weighted by molar-refractivity contribution is 6.42. The minimum atomic E-state index is -0.490. The molecule has 0 radical (unpaired) electrons. The van der Waals surface area contributed by atoms with Gasteiger partial charge in [0.25, 0.3) is 5.91 Å². The SMILES string of the molecule is COc1ccc(-c2ocnc2C(=O)N(C)CC(CCC2CCCCN2C2(C(=O)N(C)C)CCNCC2)c2ccc(Cl)c(Cl)c2)cc1. The van der Waals surface area contributed by atoms with E-state index in [1.165, 1.54) is 6.39 Å². The molecule has 1 N–H and O–H groups in total. The average Bonchev–Trinajstić information content (AvgIpc) is 3.57. The van der Waals surface area contributed by atoms with Crippen LogP contribution in [-0.4, -0.2) is 97.5 Å². The number of likely N-dealkylation sites (N-methyl/N-ethyl adjacent to an activating group) is 2. The van der Waals surface area contributed by atoms with Gasteiger partial charge < -0.3 is 24.3 Å². The van der Waals surface area contributed by atoms with E-state index >= 15 is 0 Å². The molecular weight excluding hydrogens is 625 g/mol. The Morgan fingerprint density at radius 3 is 2.50 bits per heavy atom. The van der Waals surface area contributed by atoms with Crippen LogP contribution in [0.2, 0.25) is 10.0 Å². The molecule has 248 valence electrons. The maximum Gasteiger partial charge on any atom is 0.276 e. The lowest BCUT2D eigenvalue weighted by molar-refractivity contribution is -0.148. The molecule has 3 heterocycles. The van der Waals surface area contributed by atoms with Gasteiger partial charge in [0.1, 0.15) is 11.3 Å². The lowest BCUT2D eigenvalue weighted by Crippen LogP contribution is -2.66. The first kappa shape index (κ1) is 34.2. The van der Waals surface area contributed by atoms with Gasteiger partial charge >= 0.3 is 0 Å². The van der Waals surface area contributed by atoms with Crippen LogP contribution in [0.15, 0.2) is 53.3 Å². The summed E-state index contributed by atoms with van der Waals surface area (Å²) >= 11 is 12.8. The number of halogens is 2. The van der Waals surface area contributed by atoms with Crippen LogP contribution in [-0.2, 0) is 4.79 Å². The fourth-order valence-corrected chi connectivity index (χ4v) is 7.51. The predicted octanol–water partition coefficient (Wildman–Crippen LogP) is 6.36. The van der Waals surface area contributed by atoms with Crippen molar-refractivity contribution in [1.82, 2.24) is 25.0 Å². The smallest absolute Gasteiger partial charge is 0.276 e. The summed E-state index contributed by atoms with van der Waals surface area (Å²) in [5, 5.41) is 4.44. The summed E-state index contributed by atoms with van der Waals surface area (Å²) in [5.41, 5.74) is 1.53. The number of piperidine rings is 2. The van der Waals surface area contributed by atoms with Crippen LogP contribution in [0.1, 0.15) is 66.9 Å². The van der Waals surface area contributed by atoms with E-state index in [1.54, 1.807) is 24.0 Å². The Bertz CT molecular complexity index is 1490. The molecule has 5 rings (SSSR count). The Kier molecular flexibility index (Phi) is 11.3. The summed E-state index contributed by atoms with van der Waals surface area (Å²) < 4.78 is 11.0. The second kappa shape index (κ2) is 15.2. The fourth-order valence-electron chi connectivity index (χ4n) is 7.21. The number of nitrogens with one attached hydrogen (secondary N) is 1. The van der Waals surface area contributed by atoms with Gasteiger partial charge in [-0.25, -0.2) is 4.98 Å². The summed E-state index contributed by atoms with van der Waals surface area (Å²) in [6.45, 7) is 3.04. The summed E-state index contributed by atoms with van der Waals surface area (Å²) in [6, 6.07) is 13.3. The Labute approximate surface area is 282 Å². The molecule has 2 saturated heterocycles. The fraction of sp³-hybridized carbons (Fsp3) is 0.514. The highest BCUT2D eigenvalue weighted by atomic mass is 35.5. The van der Waals surface area contributed by atoms with Crippen LogP contribution in [0.25, 0.3) is 11.3 Å². The number of hydrogen-bond donors (Lipinski definition) is 1. The lowest BCUT2D eigenvalue weighted by atomic mass is 9.80. The third kappa shape index (κ3) is 7.38. The molecule has 11 heteroatoms. The number of hydrogen-bond acceptors (Lipinski definition) is 7. The molecule has 3 aromatic rings. The molecule has 2 unspecified atom stereocenters. The summed E-state index contributed by atoms with van der Waals surface area (Å²) in [5.74, 6) is 1.09. The zero-order valence-electron chi connectivity index (χ0n) is 27.2. The van der Waals surface area contributed by atoms with Gasteiger partial charge in [0.2, 0.25) is 5.91 Å². The molecule has 0 bridgehead atoms. The molecular formula is C35H45Cl2N5O4. The minimum absolute atomic E-state index is 0.0163. The highest BCUT2D eigenvalue weighted by Crippen LogP contribution is 2.38. The molecule has 9 nitrogen and oxygen atoms in total. The molecule has 46 heavy (non-hydrogen) atoms. The number of amides is 2. The predicted molar refractivity (Wildman–Crippen MR) is 182 cm³/mol. The van der Waals surface area contributed by atoms with Gasteiger partial charge in [0, 0.05) is 45.2 Å². The normalized spacial score (nSPS) is 19.0. The molecule has 2 aromatic carbocycles. The van der Waals surface area contributed by atoms with Crippen molar-refractivity contribution in [2.24, 2.45) is 0 Å². The van der Waals surface area contributed by atoms with E-state index in [1.807, 2.05) is 56.6 Å². The van der Waals surface area contributed by atoms with E-state index in [4.69, 9.17) is 32.4 Å². The molecule has 0 aliphatic carbocycles. The lowest BCUT2D eigenvalue weighted by Gasteiger charge is -2.51. The minimum Gasteiger partial charge on any atom is -0.497 e. The van der Waals surface area contributed by atoms with E-state index in [0.717, 1.165) is 75.7 Å². The molecule has 2 atom stereocenters. The highest BCUT2D eigenvalue weighted by Gasteiger charge is 2.48. The molecule has 2 amide bonds. The molecule has 0 spiro atoms. The van der Waals surface area contributed by atoms with Gasteiger partial charge in [-0.3, -0.25) is 14.5 Å². The van der Waals surface area contributed by atoms with Crippen molar-refractivity contribution in [1.29, 1.82) is 0 Å². The van der Waals surface area contributed by atoms with Crippen LogP contribution >= 0.6 is 23.2 Å². The largest absolute Gasteiger partial charge is 0.497 e. The van der Waals surface area contributed by atoms with Gasteiger partial charge in [-0.15, -0.1) is 0 Å². The summed E-state index contributed by atoms with van der Waals surface area (Å²) in [7, 11) is 7.14. The Balaban J connectivity index is 1.38. The van der Waals surface area contributed by atoms with Crippen LogP contribution in [0.3, 0.4) is 0 Å². The van der Waals surface area contributed by atoms with Crippen molar-refractivity contribution in [3.05, 3.63) is 70.2 Å². The summed E-state index contributed by atoms with van der Waals surface area (Å²) in [4.78, 5) is 37.9. The van der Waals surface area contributed by atoms with Gasteiger partial charge in [0.05, 0.1) is 17.2 Å². The van der Waals surface area contributed by atoms with Crippen molar-refractivity contribution < 1.29 is 18.7 Å². The van der Waals surface area contributed by atoms with E-state index < -0.39 is 5.54 Å². The number of likely N-dealkylation sites (tertiary alicyclic amines) is 1. The number of oxazole rings is 1. The monoisotopic (exact) mass is 669 g/mol. The van der Waals surface area contributed by atoms with Crippen LogP contribution in [0, 0.1) is 0 Å². The third-order valence-corrected chi connectivity index (χ3v) is 10.4. The van der Waals surface area contributed by atoms with Crippen LogP contribution in [0.4, 0.5) is 0 Å². The first-order valence-corrected chi connectivity index (χ1v) is 16.9. The zero-order chi connectivity index (χ0) is 32.8. The van der Waals surface area contributed by atoms with Crippen molar-refractivity contribution in [3.8, 4) is 17.1 Å². The third-order valence-electron chi connectivity index (χ3n) is 9.64. The van der Waals surface area contributed by atoms with Gasteiger partial charge in [-0.1, -0.05) is 35.7 Å². The first-order chi connectivity index (χ1) is 22.1. The maximum absolute atomic E-state index is 13.8. The van der Waals surface area contributed by atoms with Gasteiger partial charge in [-0.2, -0.15) is 0 Å². The standard InChI is InChI=1S/C35H45Cl2N5O4/c1-40(2)34(44)35(16-18-38-19-17-35)42-20-6-5-7-27(42)12-8-26(25-11-15-29(36)30(37)21-25)22-41(3)33(43)31-32(46-23-39-31)24-9-13-28(45-4)14-10-24/h9-11,13-15,21,23,26-27,38H,5-8,12,16-20,22H2,1-4H3. The molecule has 1 aromatic heterocycles. The molecule has 2 aliphatic heterocycles. The number of nitrogens with zero attached hydrogens (tertiary/aromatic N) is 4. The van der Waals surface area contributed by atoms with E-state index in [9.17, 15) is 9.59 Å². The Hall–Kier alpha value is -3.11. The molecule has 0 saturated carbocycles. The number of carbonyl (C=O) groups excluding carboxylic acids is 2. The van der Waals surface area contributed by atoms with Crippen molar-refractivity contribution in [2.75, 3.05) is 54.4 Å². The van der Waals surface area contributed by atoms with Crippen LogP contribution in [0.5, 0.6) is 5.75 Å².